The molecule has 0 aliphatic carbocycles. The summed E-state index contributed by atoms with van der Waals surface area (Å²) in [5, 5.41) is 6.22. The Balaban J connectivity index is 1.63. The van der Waals surface area contributed by atoms with Crippen LogP contribution >= 0.6 is 34.4 Å². The molecule has 0 unspecified atom stereocenters. The van der Waals surface area contributed by atoms with Crippen molar-refractivity contribution in [2.75, 3.05) is 5.75 Å². The summed E-state index contributed by atoms with van der Waals surface area (Å²) in [4.78, 5) is 33.8. The van der Waals surface area contributed by atoms with Gasteiger partial charge in [0.25, 0.3) is 5.56 Å². The highest BCUT2D eigenvalue weighted by Gasteiger charge is 2.18. The van der Waals surface area contributed by atoms with Crippen molar-refractivity contribution in [3.63, 3.8) is 0 Å². The van der Waals surface area contributed by atoms with Crippen molar-refractivity contribution in [2.24, 2.45) is 0 Å². The molecule has 0 saturated carbocycles. The average Bonchev–Trinajstić information content (AvgIpc) is 3.42. The quantitative estimate of drug-likeness (QED) is 0.278. The van der Waals surface area contributed by atoms with Crippen LogP contribution < -0.4 is 10.9 Å². The SMILES string of the molecule is CCc1sc2nc(SCC(=O)NCc3cccs3)n(Cc3ccc(C)cc3)c(=O)c2c1C. The molecule has 3 heterocycles. The molecule has 0 atom stereocenters. The number of rotatable bonds is 8. The van der Waals surface area contributed by atoms with Crippen LogP contribution in [0.2, 0.25) is 0 Å². The second kappa shape index (κ2) is 10.0. The van der Waals surface area contributed by atoms with Gasteiger partial charge in [0.05, 0.1) is 24.2 Å². The Kier molecular flexibility index (Phi) is 7.13. The van der Waals surface area contributed by atoms with Gasteiger partial charge in [-0.2, -0.15) is 0 Å². The number of thioether (sulfide) groups is 1. The van der Waals surface area contributed by atoms with Crippen molar-refractivity contribution in [3.8, 4) is 0 Å². The maximum atomic E-state index is 13.5. The van der Waals surface area contributed by atoms with Crippen molar-refractivity contribution >= 4 is 50.6 Å². The van der Waals surface area contributed by atoms with Crippen LogP contribution in [0.25, 0.3) is 10.2 Å². The van der Waals surface area contributed by atoms with E-state index in [1.807, 2.05) is 55.6 Å². The third kappa shape index (κ3) is 4.98. The van der Waals surface area contributed by atoms with Gasteiger partial charge in [0.1, 0.15) is 4.83 Å². The van der Waals surface area contributed by atoms with Crippen LogP contribution in [0.15, 0.2) is 51.7 Å². The van der Waals surface area contributed by atoms with E-state index in [0.29, 0.717) is 23.6 Å². The lowest BCUT2D eigenvalue weighted by Crippen LogP contribution is -2.27. The minimum atomic E-state index is -0.0729. The molecule has 0 saturated heterocycles. The molecule has 1 amide bonds. The van der Waals surface area contributed by atoms with Crippen molar-refractivity contribution in [2.45, 2.75) is 45.4 Å². The van der Waals surface area contributed by atoms with Crippen LogP contribution in [0, 0.1) is 13.8 Å². The summed E-state index contributed by atoms with van der Waals surface area (Å²) in [7, 11) is 0. The Morgan fingerprint density at radius 2 is 1.97 bits per heavy atom. The van der Waals surface area contributed by atoms with E-state index in [0.717, 1.165) is 27.3 Å². The fourth-order valence-corrected chi connectivity index (χ4v) is 6.12. The van der Waals surface area contributed by atoms with E-state index in [-0.39, 0.29) is 17.2 Å². The van der Waals surface area contributed by atoms with Crippen molar-refractivity contribution in [1.82, 2.24) is 14.9 Å². The van der Waals surface area contributed by atoms with E-state index in [1.54, 1.807) is 27.2 Å². The summed E-state index contributed by atoms with van der Waals surface area (Å²) < 4.78 is 1.71. The van der Waals surface area contributed by atoms with E-state index < -0.39 is 0 Å². The Labute approximate surface area is 199 Å². The molecule has 1 aromatic carbocycles. The number of benzene rings is 1. The van der Waals surface area contributed by atoms with Crippen molar-refractivity contribution < 1.29 is 4.79 Å². The molecule has 0 bridgehead atoms. The van der Waals surface area contributed by atoms with Gasteiger partial charge in [0, 0.05) is 9.75 Å². The molecule has 166 valence electrons. The van der Waals surface area contributed by atoms with Gasteiger partial charge in [-0.1, -0.05) is 54.6 Å². The number of fused-ring (bicyclic) bond motifs is 1. The number of hydrogen-bond acceptors (Lipinski definition) is 6. The minimum Gasteiger partial charge on any atom is -0.350 e. The molecule has 3 aromatic heterocycles. The van der Waals surface area contributed by atoms with E-state index in [4.69, 9.17) is 4.98 Å². The van der Waals surface area contributed by atoms with Gasteiger partial charge in [-0.3, -0.25) is 14.2 Å². The number of carbonyl (C=O) groups excluding carboxylic acids is 1. The van der Waals surface area contributed by atoms with E-state index in [1.165, 1.54) is 22.2 Å². The van der Waals surface area contributed by atoms with Crippen LogP contribution in [0.1, 0.15) is 33.4 Å². The molecule has 4 rings (SSSR count). The van der Waals surface area contributed by atoms with Crippen LogP contribution in [-0.4, -0.2) is 21.2 Å². The highest BCUT2D eigenvalue weighted by Crippen LogP contribution is 2.29. The van der Waals surface area contributed by atoms with Crippen molar-refractivity contribution in [3.05, 3.63) is 78.6 Å². The molecule has 1 N–H and O–H groups in total. The lowest BCUT2D eigenvalue weighted by Gasteiger charge is -2.13. The van der Waals surface area contributed by atoms with E-state index >= 15 is 0 Å². The summed E-state index contributed by atoms with van der Waals surface area (Å²) in [5.41, 5.74) is 3.19. The number of aryl methyl sites for hydroxylation is 3. The number of amides is 1. The smallest absolute Gasteiger partial charge is 0.263 e. The average molecular weight is 484 g/mol. The Hall–Kier alpha value is -2.42. The largest absolute Gasteiger partial charge is 0.350 e. The topological polar surface area (TPSA) is 64.0 Å². The lowest BCUT2D eigenvalue weighted by atomic mass is 10.1. The lowest BCUT2D eigenvalue weighted by molar-refractivity contribution is -0.118. The normalized spacial score (nSPS) is 11.2. The highest BCUT2D eigenvalue weighted by atomic mass is 32.2. The van der Waals surface area contributed by atoms with Gasteiger partial charge in [-0.25, -0.2) is 4.98 Å². The minimum absolute atomic E-state index is 0.0366. The zero-order valence-corrected chi connectivity index (χ0v) is 20.8. The van der Waals surface area contributed by atoms with Crippen LogP contribution in [0.5, 0.6) is 0 Å². The zero-order chi connectivity index (χ0) is 22.7. The second-order valence-electron chi connectivity index (χ2n) is 7.60. The van der Waals surface area contributed by atoms with Gasteiger partial charge < -0.3 is 5.32 Å². The maximum absolute atomic E-state index is 13.5. The molecule has 0 aliphatic rings. The first-order valence-corrected chi connectivity index (χ1v) is 13.1. The summed E-state index contributed by atoms with van der Waals surface area (Å²) >= 11 is 4.51. The standard InChI is InChI=1S/C24H25N3O2S3/c1-4-19-16(3)21-22(32-19)26-24(31-14-20(28)25-12-18-6-5-11-30-18)27(23(21)29)13-17-9-7-15(2)8-10-17/h5-11H,4,12-14H2,1-3H3,(H,25,28). The van der Waals surface area contributed by atoms with Gasteiger partial charge >= 0.3 is 0 Å². The predicted octanol–water partition coefficient (Wildman–Crippen LogP) is 5.16. The summed E-state index contributed by atoms with van der Waals surface area (Å²) in [6.07, 6.45) is 0.873. The van der Waals surface area contributed by atoms with E-state index in [2.05, 4.69) is 12.2 Å². The number of aromatic nitrogens is 2. The summed E-state index contributed by atoms with van der Waals surface area (Å²) in [6.45, 7) is 7.08. The monoisotopic (exact) mass is 483 g/mol. The van der Waals surface area contributed by atoms with Gasteiger partial charge in [0.2, 0.25) is 5.91 Å². The third-order valence-corrected chi connectivity index (χ3v) is 8.45. The molecule has 0 fully saturated rings. The summed E-state index contributed by atoms with van der Waals surface area (Å²) in [5.74, 6) is 0.138. The summed E-state index contributed by atoms with van der Waals surface area (Å²) in [6, 6.07) is 12.1. The number of nitrogens with one attached hydrogen (secondary N) is 1. The van der Waals surface area contributed by atoms with Crippen LogP contribution in [0.4, 0.5) is 0 Å². The molecule has 8 heteroatoms. The molecule has 5 nitrogen and oxygen atoms in total. The first-order chi connectivity index (χ1) is 15.5. The first-order valence-electron chi connectivity index (χ1n) is 10.5. The van der Waals surface area contributed by atoms with Gasteiger partial charge in [-0.15, -0.1) is 22.7 Å². The number of hydrogen-bond donors (Lipinski definition) is 1. The predicted molar refractivity (Wildman–Crippen MR) is 135 cm³/mol. The Bertz CT molecular complexity index is 1290. The van der Waals surface area contributed by atoms with Crippen LogP contribution in [0.3, 0.4) is 0 Å². The van der Waals surface area contributed by atoms with Gasteiger partial charge in [-0.05, 0) is 42.8 Å². The number of carbonyl (C=O) groups is 1. The maximum Gasteiger partial charge on any atom is 0.263 e. The Morgan fingerprint density at radius 1 is 1.19 bits per heavy atom. The zero-order valence-electron chi connectivity index (χ0n) is 18.3. The first kappa shape index (κ1) is 22.8. The molecule has 0 aliphatic heterocycles. The molecule has 32 heavy (non-hydrogen) atoms. The van der Waals surface area contributed by atoms with Gasteiger partial charge in [0.15, 0.2) is 5.16 Å². The molecule has 4 aromatic rings. The van der Waals surface area contributed by atoms with Crippen molar-refractivity contribution in [1.29, 1.82) is 0 Å². The molecular weight excluding hydrogens is 458 g/mol. The third-order valence-electron chi connectivity index (χ3n) is 5.27. The Morgan fingerprint density at radius 3 is 2.66 bits per heavy atom. The number of nitrogens with zero attached hydrogens (tertiary/aromatic N) is 2. The molecular formula is C24H25N3O2S3. The van der Waals surface area contributed by atoms with Crippen LogP contribution in [-0.2, 0) is 24.3 Å². The fourth-order valence-electron chi connectivity index (χ4n) is 3.49. The van der Waals surface area contributed by atoms with E-state index in [9.17, 15) is 9.59 Å². The fraction of sp³-hybridized carbons (Fsp3) is 0.292. The molecule has 0 radical (unpaired) electrons. The molecule has 0 spiro atoms. The highest BCUT2D eigenvalue weighted by molar-refractivity contribution is 7.99. The second-order valence-corrected chi connectivity index (χ2v) is 10.7. The number of thiophene rings is 2.